The van der Waals surface area contributed by atoms with Crippen LogP contribution in [-0.4, -0.2) is 51.4 Å². The lowest BCUT2D eigenvalue weighted by Crippen LogP contribution is -2.42. The Bertz CT molecular complexity index is 588. The van der Waals surface area contributed by atoms with Gasteiger partial charge in [0.1, 0.15) is 0 Å². The monoisotopic (exact) mass is 355 g/mol. The van der Waals surface area contributed by atoms with E-state index in [0.29, 0.717) is 18.2 Å². The van der Waals surface area contributed by atoms with Gasteiger partial charge in [0, 0.05) is 29.3 Å². The van der Waals surface area contributed by atoms with Gasteiger partial charge in [-0.1, -0.05) is 23.7 Å². The summed E-state index contributed by atoms with van der Waals surface area (Å²) in [6.07, 6.45) is 2.56. The number of halogens is 1. The lowest BCUT2D eigenvalue weighted by atomic mass is 9.90. The molecule has 6 nitrogen and oxygen atoms in total. The molecule has 0 aromatic heterocycles. The van der Waals surface area contributed by atoms with Crippen LogP contribution in [0.15, 0.2) is 36.4 Å². The summed E-state index contributed by atoms with van der Waals surface area (Å²) in [7, 11) is 2.11. The van der Waals surface area contributed by atoms with E-state index in [0.717, 1.165) is 17.9 Å². The summed E-state index contributed by atoms with van der Waals surface area (Å²) in [6.45, 7) is 2.15. The molecule has 0 aliphatic carbocycles. The normalized spacial score (nSPS) is 24.2. The number of likely N-dealkylation sites (tertiary alicyclic amines) is 1. The second-order valence-electron chi connectivity index (χ2n) is 5.72. The Balaban J connectivity index is 0.000000307. The van der Waals surface area contributed by atoms with Crippen LogP contribution in [0.5, 0.6) is 0 Å². The molecule has 24 heavy (non-hydrogen) atoms. The highest BCUT2D eigenvalue weighted by Gasteiger charge is 2.30. The van der Waals surface area contributed by atoms with Crippen molar-refractivity contribution in [3.05, 3.63) is 47.0 Å². The zero-order valence-corrected chi connectivity index (χ0v) is 14.3. The fourth-order valence-electron chi connectivity index (χ4n) is 2.62. The van der Waals surface area contributed by atoms with Crippen molar-refractivity contribution in [2.75, 3.05) is 7.05 Å². The van der Waals surface area contributed by atoms with Gasteiger partial charge in [-0.05, 0) is 44.5 Å². The van der Waals surface area contributed by atoms with Gasteiger partial charge < -0.3 is 15.3 Å². The third-order valence-corrected chi connectivity index (χ3v) is 4.13. The molecular weight excluding hydrogens is 334 g/mol. The molecule has 2 rings (SSSR count). The van der Waals surface area contributed by atoms with E-state index in [2.05, 4.69) is 24.9 Å². The topological polar surface area (TPSA) is 98.1 Å². The Hall–Kier alpha value is -1.89. The first-order valence-electron chi connectivity index (χ1n) is 7.50. The number of benzene rings is 1. The number of hydrogen-bond donors (Lipinski definition) is 3. The summed E-state index contributed by atoms with van der Waals surface area (Å²) >= 11 is 6.00. The Morgan fingerprint density at radius 3 is 2.29 bits per heavy atom. The number of aliphatic hydroxyl groups is 1. The van der Waals surface area contributed by atoms with Crippen molar-refractivity contribution in [3.63, 3.8) is 0 Å². The summed E-state index contributed by atoms with van der Waals surface area (Å²) in [6, 6.07) is 8.61. The third-order valence-electron chi connectivity index (χ3n) is 3.90. The van der Waals surface area contributed by atoms with Crippen LogP contribution in [0.1, 0.15) is 31.4 Å². The molecule has 0 spiro atoms. The van der Waals surface area contributed by atoms with Crippen molar-refractivity contribution >= 4 is 23.5 Å². The molecule has 3 atom stereocenters. The Morgan fingerprint density at radius 1 is 1.21 bits per heavy atom. The number of hydrogen-bond acceptors (Lipinski definition) is 4. The number of nitrogens with zero attached hydrogens (tertiary/aromatic N) is 1. The molecule has 0 unspecified atom stereocenters. The summed E-state index contributed by atoms with van der Waals surface area (Å²) in [5.74, 6) is -2.51. The molecule has 1 fully saturated rings. The number of piperidine rings is 1. The number of carboxylic acids is 2. The van der Waals surface area contributed by atoms with Crippen LogP contribution < -0.4 is 0 Å². The van der Waals surface area contributed by atoms with E-state index in [9.17, 15) is 14.7 Å². The predicted molar refractivity (Wildman–Crippen MR) is 91.1 cm³/mol. The summed E-state index contributed by atoms with van der Waals surface area (Å²) in [4.78, 5) is 21.4. The smallest absolute Gasteiger partial charge is 0.328 e. The number of carboxylic acid groups (broad SMARTS) is 2. The molecule has 1 heterocycles. The average Bonchev–Trinajstić information content (AvgIpc) is 2.49. The zero-order valence-electron chi connectivity index (χ0n) is 13.6. The van der Waals surface area contributed by atoms with E-state index in [1.54, 1.807) is 0 Å². The zero-order chi connectivity index (χ0) is 18.3. The standard InChI is InChI=1S/C13H18ClNO.C4H4O4/c1-9-6-12(16)8-13(15(9)2)10-4-3-5-11(14)7-10;5-3(6)1-2-4(7)8/h3-5,7,9,12-13,16H,6,8H2,1-2H3;1-2H,(H,5,6)(H,7,8)/b;2-1+/t9-,12-,13-;/m1./s1. The second-order valence-corrected chi connectivity index (χ2v) is 6.16. The van der Waals surface area contributed by atoms with Gasteiger partial charge >= 0.3 is 11.9 Å². The van der Waals surface area contributed by atoms with Gasteiger partial charge in [0.2, 0.25) is 0 Å². The van der Waals surface area contributed by atoms with Crippen LogP contribution in [0.2, 0.25) is 5.02 Å². The molecule has 1 aromatic carbocycles. The average molecular weight is 356 g/mol. The van der Waals surface area contributed by atoms with E-state index in [1.807, 2.05) is 18.2 Å². The van der Waals surface area contributed by atoms with Crippen molar-refractivity contribution in [3.8, 4) is 0 Å². The van der Waals surface area contributed by atoms with Crippen molar-refractivity contribution in [1.82, 2.24) is 4.90 Å². The number of aliphatic hydroxyl groups excluding tert-OH is 1. The van der Waals surface area contributed by atoms with E-state index >= 15 is 0 Å². The Kier molecular flexibility index (Phi) is 7.91. The van der Waals surface area contributed by atoms with E-state index < -0.39 is 11.9 Å². The lowest BCUT2D eigenvalue weighted by molar-refractivity contribution is -0.134. The maximum atomic E-state index is 9.84. The van der Waals surface area contributed by atoms with Crippen molar-refractivity contribution in [2.24, 2.45) is 0 Å². The molecule has 1 aliphatic heterocycles. The minimum atomic E-state index is -1.26. The highest BCUT2D eigenvalue weighted by atomic mass is 35.5. The van der Waals surface area contributed by atoms with Gasteiger partial charge in [-0.25, -0.2) is 9.59 Å². The maximum absolute atomic E-state index is 9.84. The molecule has 3 N–H and O–H groups in total. The predicted octanol–water partition coefficient (Wildman–Crippen LogP) is 2.57. The van der Waals surface area contributed by atoms with Crippen LogP contribution in [0.4, 0.5) is 0 Å². The fraction of sp³-hybridized carbons (Fsp3) is 0.412. The van der Waals surface area contributed by atoms with Gasteiger partial charge in [0.15, 0.2) is 0 Å². The maximum Gasteiger partial charge on any atom is 0.328 e. The van der Waals surface area contributed by atoms with Crippen molar-refractivity contribution in [2.45, 2.75) is 38.0 Å². The Morgan fingerprint density at radius 2 is 1.79 bits per heavy atom. The summed E-state index contributed by atoms with van der Waals surface area (Å²) in [5.41, 5.74) is 1.20. The van der Waals surface area contributed by atoms with Crippen LogP contribution >= 0.6 is 11.6 Å². The number of rotatable bonds is 3. The fourth-order valence-corrected chi connectivity index (χ4v) is 2.81. The number of carbonyl (C=O) groups is 2. The quantitative estimate of drug-likeness (QED) is 0.721. The molecule has 0 saturated carbocycles. The molecule has 0 bridgehead atoms. The van der Waals surface area contributed by atoms with Gasteiger partial charge in [-0.2, -0.15) is 0 Å². The first-order valence-corrected chi connectivity index (χ1v) is 7.88. The minimum absolute atomic E-state index is 0.199. The summed E-state index contributed by atoms with van der Waals surface area (Å²) in [5, 5.41) is 26.2. The third kappa shape index (κ3) is 6.70. The van der Waals surface area contributed by atoms with Gasteiger partial charge in [0.05, 0.1) is 6.10 Å². The Labute approximate surface area is 146 Å². The van der Waals surface area contributed by atoms with Crippen LogP contribution in [0.3, 0.4) is 0 Å². The molecule has 7 heteroatoms. The lowest BCUT2D eigenvalue weighted by Gasteiger charge is -2.40. The highest BCUT2D eigenvalue weighted by molar-refractivity contribution is 6.30. The van der Waals surface area contributed by atoms with Gasteiger partial charge in [-0.3, -0.25) is 4.90 Å². The highest BCUT2D eigenvalue weighted by Crippen LogP contribution is 2.33. The molecule has 1 aromatic rings. The summed E-state index contributed by atoms with van der Waals surface area (Å²) < 4.78 is 0. The van der Waals surface area contributed by atoms with E-state index in [4.69, 9.17) is 21.8 Å². The molecule has 1 aliphatic rings. The SMILES string of the molecule is C[C@@H]1C[C@@H](O)C[C@H](c2cccc(Cl)c2)N1C.O=C(O)/C=C/C(=O)O. The minimum Gasteiger partial charge on any atom is -0.478 e. The number of aliphatic carboxylic acids is 2. The van der Waals surface area contributed by atoms with Crippen LogP contribution in [0.25, 0.3) is 0 Å². The van der Waals surface area contributed by atoms with E-state index in [1.165, 1.54) is 5.56 Å². The molecule has 0 radical (unpaired) electrons. The largest absolute Gasteiger partial charge is 0.478 e. The second kappa shape index (κ2) is 9.42. The first-order chi connectivity index (χ1) is 11.2. The first kappa shape index (κ1) is 20.2. The molecule has 0 amide bonds. The van der Waals surface area contributed by atoms with Crippen LogP contribution in [-0.2, 0) is 9.59 Å². The van der Waals surface area contributed by atoms with Gasteiger partial charge in [0.25, 0.3) is 0 Å². The van der Waals surface area contributed by atoms with Gasteiger partial charge in [-0.15, -0.1) is 0 Å². The van der Waals surface area contributed by atoms with E-state index in [-0.39, 0.29) is 12.1 Å². The molecule has 132 valence electrons. The van der Waals surface area contributed by atoms with Crippen LogP contribution in [0, 0.1) is 0 Å². The van der Waals surface area contributed by atoms with Crippen molar-refractivity contribution in [1.29, 1.82) is 0 Å². The molecular formula is C17H22ClNO5. The molecule has 1 saturated heterocycles. The van der Waals surface area contributed by atoms with Crippen molar-refractivity contribution < 1.29 is 24.9 Å².